The smallest absolute Gasteiger partial charge is 0.251 e. The maximum Gasteiger partial charge on any atom is 0.251 e. The van der Waals surface area contributed by atoms with Gasteiger partial charge in [0.1, 0.15) is 0 Å². The number of hydrogen-bond acceptors (Lipinski definition) is 3. The minimum Gasteiger partial charge on any atom is -0.396 e. The van der Waals surface area contributed by atoms with Gasteiger partial charge in [-0.1, -0.05) is 20.3 Å². The number of hydrogen-bond donors (Lipinski definition) is 2. The molecule has 0 heterocycles. The zero-order valence-corrected chi connectivity index (χ0v) is 13.0. The van der Waals surface area contributed by atoms with Crippen molar-refractivity contribution in [2.75, 3.05) is 12.4 Å². The molecule has 2 rings (SSSR count). The van der Waals surface area contributed by atoms with Crippen LogP contribution in [0.15, 0.2) is 29.2 Å². The Morgan fingerprint density at radius 2 is 2.15 bits per heavy atom. The molecule has 0 saturated heterocycles. The van der Waals surface area contributed by atoms with E-state index in [1.165, 1.54) is 4.90 Å². The van der Waals surface area contributed by atoms with E-state index in [9.17, 15) is 9.90 Å². The van der Waals surface area contributed by atoms with Crippen molar-refractivity contribution in [3.05, 3.63) is 29.8 Å². The normalized spacial score (nSPS) is 25.6. The summed E-state index contributed by atoms with van der Waals surface area (Å²) in [4.78, 5) is 13.5. The fourth-order valence-electron chi connectivity index (χ4n) is 2.78. The van der Waals surface area contributed by atoms with Gasteiger partial charge in [-0.2, -0.15) is 0 Å². The SMILES string of the molecule is CCSc1ccc(C(=O)NC2CCCC2(C)CO)cc1. The van der Waals surface area contributed by atoms with E-state index < -0.39 is 0 Å². The summed E-state index contributed by atoms with van der Waals surface area (Å²) in [6, 6.07) is 7.80. The van der Waals surface area contributed by atoms with Gasteiger partial charge in [-0.15, -0.1) is 11.8 Å². The lowest BCUT2D eigenvalue weighted by Crippen LogP contribution is -2.44. The van der Waals surface area contributed by atoms with Crippen LogP contribution in [0.2, 0.25) is 0 Å². The first kappa shape index (κ1) is 15.4. The summed E-state index contributed by atoms with van der Waals surface area (Å²) in [6.07, 6.45) is 2.99. The van der Waals surface area contributed by atoms with E-state index in [0.717, 1.165) is 25.0 Å². The molecule has 1 aromatic rings. The van der Waals surface area contributed by atoms with Crippen molar-refractivity contribution in [1.82, 2.24) is 5.32 Å². The Bertz CT molecular complexity index is 460. The first-order valence-electron chi connectivity index (χ1n) is 7.23. The van der Waals surface area contributed by atoms with E-state index in [0.29, 0.717) is 5.56 Å². The van der Waals surface area contributed by atoms with Crippen LogP contribution in [-0.2, 0) is 0 Å². The average molecular weight is 293 g/mol. The summed E-state index contributed by atoms with van der Waals surface area (Å²) in [5, 5.41) is 12.6. The number of thioether (sulfide) groups is 1. The number of rotatable bonds is 5. The van der Waals surface area contributed by atoms with E-state index in [-0.39, 0.29) is 24.0 Å². The third-order valence-corrected chi connectivity index (χ3v) is 5.07. The number of aliphatic hydroxyl groups excluding tert-OH is 1. The Balaban J connectivity index is 2.01. The van der Waals surface area contributed by atoms with Crippen molar-refractivity contribution in [3.63, 3.8) is 0 Å². The fraction of sp³-hybridized carbons (Fsp3) is 0.562. The third-order valence-electron chi connectivity index (χ3n) is 4.18. The van der Waals surface area contributed by atoms with Crippen molar-refractivity contribution in [2.45, 2.75) is 44.0 Å². The Morgan fingerprint density at radius 1 is 1.45 bits per heavy atom. The van der Waals surface area contributed by atoms with E-state index in [2.05, 4.69) is 12.2 Å². The third kappa shape index (κ3) is 3.36. The van der Waals surface area contributed by atoms with Crippen LogP contribution in [0.1, 0.15) is 43.5 Å². The van der Waals surface area contributed by atoms with Crippen molar-refractivity contribution in [1.29, 1.82) is 0 Å². The molecule has 2 unspecified atom stereocenters. The molecule has 2 atom stereocenters. The number of amides is 1. The number of nitrogens with one attached hydrogen (secondary N) is 1. The second-order valence-corrected chi connectivity index (χ2v) is 7.03. The first-order chi connectivity index (χ1) is 9.59. The van der Waals surface area contributed by atoms with Gasteiger partial charge in [0.2, 0.25) is 0 Å². The molecule has 1 aliphatic carbocycles. The molecule has 1 aromatic carbocycles. The summed E-state index contributed by atoms with van der Waals surface area (Å²) in [6.45, 7) is 4.29. The average Bonchev–Trinajstić information content (AvgIpc) is 2.82. The quantitative estimate of drug-likeness (QED) is 0.820. The van der Waals surface area contributed by atoms with Crippen LogP contribution in [-0.4, -0.2) is 29.4 Å². The summed E-state index contributed by atoms with van der Waals surface area (Å²) in [7, 11) is 0. The van der Waals surface area contributed by atoms with Gasteiger partial charge in [0.25, 0.3) is 5.91 Å². The molecule has 3 nitrogen and oxygen atoms in total. The standard InChI is InChI=1S/C16H23NO2S/c1-3-20-13-8-6-12(7-9-13)15(19)17-14-5-4-10-16(14,2)11-18/h6-9,14,18H,3-5,10-11H2,1-2H3,(H,17,19). The highest BCUT2D eigenvalue weighted by Gasteiger charge is 2.39. The van der Waals surface area contributed by atoms with Crippen molar-refractivity contribution in [3.8, 4) is 0 Å². The van der Waals surface area contributed by atoms with Crippen molar-refractivity contribution in [2.24, 2.45) is 5.41 Å². The molecule has 0 bridgehead atoms. The minimum absolute atomic E-state index is 0.0374. The summed E-state index contributed by atoms with van der Waals surface area (Å²) in [5.74, 6) is 0.993. The fourth-order valence-corrected chi connectivity index (χ4v) is 3.44. The van der Waals surface area contributed by atoms with Gasteiger partial charge in [0.05, 0.1) is 6.61 Å². The van der Waals surface area contributed by atoms with Crippen LogP contribution in [0.4, 0.5) is 0 Å². The van der Waals surface area contributed by atoms with Gasteiger partial charge < -0.3 is 10.4 Å². The minimum atomic E-state index is -0.173. The molecule has 20 heavy (non-hydrogen) atoms. The summed E-state index contributed by atoms with van der Waals surface area (Å²) in [5.41, 5.74) is 0.519. The lowest BCUT2D eigenvalue weighted by molar-refractivity contribution is 0.0830. The summed E-state index contributed by atoms with van der Waals surface area (Å²) >= 11 is 1.77. The van der Waals surface area contributed by atoms with Crippen LogP contribution >= 0.6 is 11.8 Å². The van der Waals surface area contributed by atoms with Crippen LogP contribution in [0, 0.1) is 5.41 Å². The monoisotopic (exact) mass is 293 g/mol. The Morgan fingerprint density at radius 3 is 2.75 bits per heavy atom. The largest absolute Gasteiger partial charge is 0.396 e. The van der Waals surface area contributed by atoms with Crippen LogP contribution in [0.3, 0.4) is 0 Å². The molecule has 110 valence electrons. The highest BCUT2D eigenvalue weighted by molar-refractivity contribution is 7.99. The topological polar surface area (TPSA) is 49.3 Å². The molecular formula is C16H23NO2S. The Hall–Kier alpha value is -1.00. The van der Waals surface area contributed by atoms with Crippen molar-refractivity contribution >= 4 is 17.7 Å². The highest BCUT2D eigenvalue weighted by atomic mass is 32.2. The van der Waals surface area contributed by atoms with Gasteiger partial charge in [0.15, 0.2) is 0 Å². The molecule has 0 spiro atoms. The van der Waals surface area contributed by atoms with Crippen LogP contribution in [0.25, 0.3) is 0 Å². The van der Waals surface area contributed by atoms with Gasteiger partial charge in [-0.05, 0) is 42.9 Å². The lowest BCUT2D eigenvalue weighted by atomic mass is 9.85. The maximum absolute atomic E-state index is 12.3. The molecule has 0 aromatic heterocycles. The molecule has 4 heteroatoms. The van der Waals surface area contributed by atoms with Gasteiger partial charge >= 0.3 is 0 Å². The van der Waals surface area contributed by atoms with Crippen LogP contribution in [0.5, 0.6) is 0 Å². The van der Waals surface area contributed by atoms with E-state index in [1.54, 1.807) is 11.8 Å². The molecular weight excluding hydrogens is 270 g/mol. The molecule has 0 radical (unpaired) electrons. The predicted octanol–water partition coefficient (Wildman–Crippen LogP) is 3.08. The summed E-state index contributed by atoms with van der Waals surface area (Å²) < 4.78 is 0. The molecule has 1 saturated carbocycles. The molecule has 1 fully saturated rings. The zero-order chi connectivity index (χ0) is 14.6. The first-order valence-corrected chi connectivity index (χ1v) is 8.22. The lowest BCUT2D eigenvalue weighted by Gasteiger charge is -2.30. The zero-order valence-electron chi connectivity index (χ0n) is 12.2. The second kappa shape index (κ2) is 6.64. The predicted molar refractivity (Wildman–Crippen MR) is 83.1 cm³/mol. The molecule has 0 aliphatic heterocycles. The maximum atomic E-state index is 12.3. The van der Waals surface area contributed by atoms with E-state index in [1.807, 2.05) is 31.2 Å². The molecule has 1 amide bonds. The van der Waals surface area contributed by atoms with Gasteiger partial charge in [-0.3, -0.25) is 4.79 Å². The number of carbonyl (C=O) groups excluding carboxylic acids is 1. The van der Waals surface area contributed by atoms with E-state index in [4.69, 9.17) is 0 Å². The van der Waals surface area contributed by atoms with Gasteiger partial charge in [0, 0.05) is 21.9 Å². The Labute approximate surface area is 125 Å². The van der Waals surface area contributed by atoms with Crippen LogP contribution < -0.4 is 5.32 Å². The molecule has 1 aliphatic rings. The highest BCUT2D eigenvalue weighted by Crippen LogP contribution is 2.37. The van der Waals surface area contributed by atoms with Gasteiger partial charge in [-0.25, -0.2) is 0 Å². The molecule has 2 N–H and O–H groups in total. The number of benzene rings is 1. The number of aliphatic hydroxyl groups is 1. The Kier molecular flexibility index (Phi) is 5.11. The number of carbonyl (C=O) groups is 1. The second-order valence-electron chi connectivity index (χ2n) is 5.69. The van der Waals surface area contributed by atoms with Crippen molar-refractivity contribution < 1.29 is 9.90 Å². The van der Waals surface area contributed by atoms with E-state index >= 15 is 0 Å².